The number of hydrogen-bond donors (Lipinski definition) is 0. The number of rotatable bonds is 5. The Morgan fingerprint density at radius 2 is 1.71 bits per heavy atom. The molecule has 226 valence electrons. The van der Waals surface area contributed by atoms with Crippen molar-refractivity contribution in [3.05, 3.63) is 63.5 Å². The fraction of sp³-hybridized carbons (Fsp3) is 0.676. The fourth-order valence-electron chi connectivity index (χ4n) is 6.95. The fourth-order valence-corrected chi connectivity index (χ4v) is 9.43. The van der Waals surface area contributed by atoms with E-state index in [1.165, 1.54) is 22.4 Å². The minimum Gasteiger partial charge on any atom is -0.410 e. The number of hydrogen-bond acceptors (Lipinski definition) is 3. The van der Waals surface area contributed by atoms with Gasteiger partial charge in [-0.25, -0.2) is 8.78 Å². The van der Waals surface area contributed by atoms with Gasteiger partial charge in [-0.2, -0.15) is 0 Å². The third-order valence-electron chi connectivity index (χ3n) is 10.1. The van der Waals surface area contributed by atoms with Gasteiger partial charge in [0.05, 0.1) is 6.10 Å². The number of fused-ring (bicyclic) bond motifs is 4. The highest BCUT2D eigenvalue weighted by atomic mass is 127. The van der Waals surface area contributed by atoms with Crippen LogP contribution in [-0.4, -0.2) is 17.2 Å². The lowest BCUT2D eigenvalue weighted by molar-refractivity contribution is -0.0515. The highest BCUT2D eigenvalue weighted by molar-refractivity contribution is 14.1. The smallest absolute Gasteiger partial charge is 0.270 e. The van der Waals surface area contributed by atoms with E-state index in [0.29, 0.717) is 3.92 Å². The maximum Gasteiger partial charge on any atom is 0.270 e. The van der Waals surface area contributed by atoms with Crippen LogP contribution in [0.2, 0.25) is 18.1 Å². The number of ether oxygens (including phenoxy) is 1. The Kier molecular flexibility index (Phi) is 7.95. The van der Waals surface area contributed by atoms with Crippen molar-refractivity contribution < 1.29 is 17.9 Å². The van der Waals surface area contributed by atoms with Crippen LogP contribution in [0.1, 0.15) is 138 Å². The second-order valence-electron chi connectivity index (χ2n) is 15.5. The van der Waals surface area contributed by atoms with Gasteiger partial charge in [0.25, 0.3) is 5.92 Å². The van der Waals surface area contributed by atoms with Crippen LogP contribution in [0.3, 0.4) is 0 Å². The van der Waals surface area contributed by atoms with Gasteiger partial charge in [0, 0.05) is 44.5 Å². The Balaban J connectivity index is 1.78. The number of pyridine rings is 1. The second-order valence-corrected chi connectivity index (χ2v) is 21.7. The van der Waals surface area contributed by atoms with E-state index in [2.05, 4.69) is 84.2 Å². The first-order valence-corrected chi connectivity index (χ1v) is 19.5. The topological polar surface area (TPSA) is 31.4 Å². The van der Waals surface area contributed by atoms with Gasteiger partial charge in [-0.15, -0.1) is 0 Å². The molecule has 1 saturated carbocycles. The van der Waals surface area contributed by atoms with Crippen LogP contribution in [0.15, 0.2) is 24.3 Å². The quantitative estimate of drug-likeness (QED) is 0.177. The van der Waals surface area contributed by atoms with Crippen molar-refractivity contribution in [1.29, 1.82) is 0 Å². The molecule has 3 nitrogen and oxygen atoms in total. The third kappa shape index (κ3) is 5.48. The van der Waals surface area contributed by atoms with E-state index in [1.54, 1.807) is 12.1 Å². The third-order valence-corrected chi connectivity index (χ3v) is 16.2. The van der Waals surface area contributed by atoms with E-state index in [0.717, 1.165) is 50.3 Å². The highest BCUT2D eigenvalue weighted by Gasteiger charge is 2.57. The molecular weight excluding hydrogens is 647 g/mol. The molecule has 7 heteroatoms. The lowest BCUT2D eigenvalue weighted by atomic mass is 9.70. The van der Waals surface area contributed by atoms with Gasteiger partial charge in [-0.3, -0.25) is 4.98 Å². The Morgan fingerprint density at radius 3 is 2.22 bits per heavy atom. The predicted octanol–water partition coefficient (Wildman–Crippen LogP) is 10.7. The predicted molar refractivity (Wildman–Crippen MR) is 174 cm³/mol. The van der Waals surface area contributed by atoms with Crippen LogP contribution >= 0.6 is 22.6 Å². The van der Waals surface area contributed by atoms with E-state index >= 15 is 0 Å². The standard InChI is InChI=1S/C34H48F2INO2Si/c1-20(2)29-27-28(26-23(38-29)18-32(6,7)19-24(26)40-41(9,10)31(3,4)5)34(17-11-12-25(34)37)39-30(27)21-13-15-22(16-14-21)33(8,35)36/h13-16,20,24-25,30H,11-12,17-19H2,1-10H3. The summed E-state index contributed by atoms with van der Waals surface area (Å²) >= 11 is 2.61. The summed E-state index contributed by atoms with van der Waals surface area (Å²) in [5, 5.41) is 0.0855. The van der Waals surface area contributed by atoms with Crippen LogP contribution in [-0.2, 0) is 27.1 Å². The number of nitrogens with zero attached hydrogens (tertiary/aromatic N) is 1. The Morgan fingerprint density at radius 1 is 1.07 bits per heavy atom. The molecule has 2 aromatic rings. The van der Waals surface area contributed by atoms with Gasteiger partial charge in [0.15, 0.2) is 8.32 Å². The van der Waals surface area contributed by atoms with E-state index < -0.39 is 19.8 Å². The molecule has 1 aromatic heterocycles. The number of halogens is 3. The molecule has 1 aromatic carbocycles. The van der Waals surface area contributed by atoms with Gasteiger partial charge in [-0.1, -0.05) is 95.3 Å². The molecule has 0 N–H and O–H groups in total. The Bertz CT molecular complexity index is 1310. The molecular formula is C34H48F2INO2Si. The molecule has 4 unspecified atom stereocenters. The van der Waals surface area contributed by atoms with Crippen molar-refractivity contribution in [3.63, 3.8) is 0 Å². The summed E-state index contributed by atoms with van der Waals surface area (Å²) in [6.07, 6.45) is 4.66. The normalized spacial score (nSPS) is 27.9. The first-order valence-electron chi connectivity index (χ1n) is 15.3. The zero-order chi connectivity index (χ0) is 30.3. The summed E-state index contributed by atoms with van der Waals surface area (Å²) in [5.41, 5.74) is 6.61. The van der Waals surface area contributed by atoms with Gasteiger partial charge in [-0.05, 0) is 67.1 Å². The van der Waals surface area contributed by atoms with Gasteiger partial charge < -0.3 is 9.16 Å². The SMILES string of the molecule is CC(C)c1nc2c(c3c1C(c1ccc(C(C)(F)F)cc1)OC31CCCC1I)C(O[Si](C)(C)C(C)(C)C)CC(C)(C)C2. The number of aromatic nitrogens is 1. The van der Waals surface area contributed by atoms with Crippen molar-refractivity contribution in [1.82, 2.24) is 4.98 Å². The zero-order valence-corrected chi connectivity index (χ0v) is 29.7. The minimum atomic E-state index is -2.88. The summed E-state index contributed by atoms with van der Waals surface area (Å²) in [6.45, 7) is 21.7. The van der Waals surface area contributed by atoms with Crippen molar-refractivity contribution in [2.75, 3.05) is 0 Å². The minimum absolute atomic E-state index is 0.0273. The lowest BCUT2D eigenvalue weighted by Gasteiger charge is -2.45. The number of alkyl halides is 3. The van der Waals surface area contributed by atoms with Crippen LogP contribution in [0.5, 0.6) is 0 Å². The van der Waals surface area contributed by atoms with Crippen LogP contribution in [0.25, 0.3) is 0 Å². The first-order chi connectivity index (χ1) is 18.8. The van der Waals surface area contributed by atoms with Gasteiger partial charge >= 0.3 is 0 Å². The van der Waals surface area contributed by atoms with Crippen molar-refractivity contribution >= 4 is 30.9 Å². The average molecular weight is 696 g/mol. The maximum atomic E-state index is 14.1. The molecule has 0 bridgehead atoms. The molecule has 3 aliphatic rings. The maximum absolute atomic E-state index is 14.1. The summed E-state index contributed by atoms with van der Waals surface area (Å²) in [5.74, 6) is -2.67. The van der Waals surface area contributed by atoms with Crippen molar-refractivity contribution in [2.45, 2.75) is 139 Å². The average Bonchev–Trinajstić information content (AvgIpc) is 3.37. The summed E-state index contributed by atoms with van der Waals surface area (Å²) < 4.78 is 43.2. The molecule has 0 amide bonds. The van der Waals surface area contributed by atoms with Crippen molar-refractivity contribution in [3.8, 4) is 0 Å². The Hall–Kier alpha value is -0.903. The first kappa shape index (κ1) is 31.5. The number of benzene rings is 1. The van der Waals surface area contributed by atoms with E-state index in [1.807, 2.05) is 12.1 Å². The largest absolute Gasteiger partial charge is 0.410 e. The molecule has 1 spiro atoms. The molecule has 2 aliphatic carbocycles. The molecule has 4 atom stereocenters. The molecule has 0 saturated heterocycles. The highest BCUT2D eigenvalue weighted by Crippen LogP contribution is 2.62. The molecule has 0 radical (unpaired) electrons. The molecule has 41 heavy (non-hydrogen) atoms. The van der Waals surface area contributed by atoms with Crippen molar-refractivity contribution in [2.24, 2.45) is 5.41 Å². The molecule has 5 rings (SSSR count). The molecule has 1 fully saturated rings. The van der Waals surface area contributed by atoms with Crippen LogP contribution in [0, 0.1) is 5.41 Å². The van der Waals surface area contributed by atoms with Gasteiger partial charge in [0.2, 0.25) is 0 Å². The summed E-state index contributed by atoms with van der Waals surface area (Å²) in [7, 11) is -2.11. The summed E-state index contributed by atoms with van der Waals surface area (Å²) in [6, 6.07) is 6.81. The molecule has 2 heterocycles. The van der Waals surface area contributed by atoms with E-state index in [-0.39, 0.29) is 34.1 Å². The van der Waals surface area contributed by atoms with E-state index in [4.69, 9.17) is 14.1 Å². The monoisotopic (exact) mass is 695 g/mol. The van der Waals surface area contributed by atoms with Crippen LogP contribution in [0.4, 0.5) is 8.78 Å². The van der Waals surface area contributed by atoms with Crippen LogP contribution < -0.4 is 0 Å². The Labute approximate surface area is 260 Å². The second kappa shape index (κ2) is 10.3. The van der Waals surface area contributed by atoms with Gasteiger partial charge in [0.1, 0.15) is 11.7 Å². The zero-order valence-electron chi connectivity index (χ0n) is 26.6. The summed E-state index contributed by atoms with van der Waals surface area (Å²) in [4.78, 5) is 5.47. The van der Waals surface area contributed by atoms with E-state index in [9.17, 15) is 8.78 Å². The molecule has 1 aliphatic heterocycles. The lowest BCUT2D eigenvalue weighted by Crippen LogP contribution is -2.44.